The van der Waals surface area contributed by atoms with E-state index in [9.17, 15) is 4.79 Å². The molecule has 2 heterocycles. The van der Waals surface area contributed by atoms with Crippen LogP contribution in [0.2, 0.25) is 0 Å². The predicted octanol–water partition coefficient (Wildman–Crippen LogP) is 4.75. The lowest BCUT2D eigenvalue weighted by Gasteiger charge is -2.13. The number of hydrogen-bond acceptors (Lipinski definition) is 5. The zero-order valence-electron chi connectivity index (χ0n) is 16.0. The van der Waals surface area contributed by atoms with Crippen LogP contribution in [0.1, 0.15) is 22.8 Å². The van der Waals surface area contributed by atoms with Gasteiger partial charge in [-0.25, -0.2) is 0 Å². The van der Waals surface area contributed by atoms with Crippen LogP contribution in [-0.2, 0) is 6.54 Å². The fourth-order valence-electron chi connectivity index (χ4n) is 3.04. The van der Waals surface area contributed by atoms with E-state index in [2.05, 4.69) is 27.3 Å². The zero-order chi connectivity index (χ0) is 20.1. The third-order valence-electron chi connectivity index (χ3n) is 4.53. The molecule has 0 amide bonds. The highest BCUT2D eigenvalue weighted by molar-refractivity contribution is 8.00. The lowest BCUT2D eigenvalue weighted by Crippen LogP contribution is -2.15. The zero-order valence-corrected chi connectivity index (χ0v) is 16.8. The second-order valence-corrected chi connectivity index (χ2v) is 7.92. The fraction of sp³-hybridized carbons (Fsp3) is 0.130. The molecule has 2 aromatic heterocycles. The van der Waals surface area contributed by atoms with E-state index in [0.717, 1.165) is 17.0 Å². The average Bonchev–Trinajstić information content (AvgIpc) is 3.17. The van der Waals surface area contributed by atoms with Crippen molar-refractivity contribution in [3.05, 3.63) is 96.3 Å². The summed E-state index contributed by atoms with van der Waals surface area (Å²) in [6.45, 7) is 2.53. The number of pyridine rings is 1. The van der Waals surface area contributed by atoms with Crippen LogP contribution in [0.4, 0.5) is 0 Å². The van der Waals surface area contributed by atoms with Crippen molar-refractivity contribution in [3.8, 4) is 11.4 Å². The van der Waals surface area contributed by atoms with E-state index in [1.165, 1.54) is 11.8 Å². The second kappa shape index (κ2) is 8.84. The van der Waals surface area contributed by atoms with Crippen LogP contribution in [0, 0.1) is 0 Å². The van der Waals surface area contributed by atoms with Gasteiger partial charge in [-0.1, -0.05) is 72.4 Å². The first-order valence-corrected chi connectivity index (χ1v) is 10.2. The van der Waals surface area contributed by atoms with E-state index in [-0.39, 0.29) is 11.0 Å². The molecule has 0 radical (unpaired) electrons. The highest BCUT2D eigenvalue weighted by Crippen LogP contribution is 2.29. The van der Waals surface area contributed by atoms with Crippen molar-refractivity contribution in [2.45, 2.75) is 23.9 Å². The van der Waals surface area contributed by atoms with Gasteiger partial charge in [-0.15, -0.1) is 10.2 Å². The van der Waals surface area contributed by atoms with Gasteiger partial charge in [-0.05, 0) is 24.6 Å². The van der Waals surface area contributed by atoms with Crippen LogP contribution >= 0.6 is 11.8 Å². The van der Waals surface area contributed by atoms with E-state index in [0.29, 0.717) is 17.3 Å². The van der Waals surface area contributed by atoms with Gasteiger partial charge in [-0.3, -0.25) is 14.3 Å². The highest BCUT2D eigenvalue weighted by atomic mass is 32.2. The molecule has 1 unspecified atom stereocenters. The number of aromatic nitrogens is 4. The molecule has 0 aliphatic heterocycles. The Kier molecular flexibility index (Phi) is 5.81. The van der Waals surface area contributed by atoms with Crippen LogP contribution in [0.3, 0.4) is 0 Å². The number of thioether (sulfide) groups is 1. The molecular formula is C23H20N4OS. The van der Waals surface area contributed by atoms with Crippen LogP contribution in [-0.4, -0.2) is 30.8 Å². The van der Waals surface area contributed by atoms with E-state index in [4.69, 9.17) is 0 Å². The molecule has 4 rings (SSSR count). The van der Waals surface area contributed by atoms with Crippen molar-refractivity contribution in [1.82, 2.24) is 19.7 Å². The molecule has 5 nitrogen and oxygen atoms in total. The summed E-state index contributed by atoms with van der Waals surface area (Å²) in [5.41, 5.74) is 2.74. The lowest BCUT2D eigenvalue weighted by atomic mass is 10.1. The first-order valence-electron chi connectivity index (χ1n) is 9.36. The van der Waals surface area contributed by atoms with Crippen molar-refractivity contribution in [1.29, 1.82) is 0 Å². The third kappa shape index (κ3) is 4.43. The van der Waals surface area contributed by atoms with Gasteiger partial charge in [0.2, 0.25) is 0 Å². The highest BCUT2D eigenvalue weighted by Gasteiger charge is 2.22. The molecule has 0 aliphatic carbocycles. The summed E-state index contributed by atoms with van der Waals surface area (Å²) in [4.78, 5) is 17.0. The number of nitrogens with zero attached hydrogens (tertiary/aromatic N) is 4. The Morgan fingerprint density at radius 2 is 1.69 bits per heavy atom. The monoisotopic (exact) mass is 400 g/mol. The maximum Gasteiger partial charge on any atom is 0.192 e. The van der Waals surface area contributed by atoms with Gasteiger partial charge in [0.25, 0.3) is 0 Å². The van der Waals surface area contributed by atoms with E-state index in [1.54, 1.807) is 12.4 Å². The number of Topliss-reactive ketones (excluding diaryl/α,β-unsaturated/α-hetero) is 1. The molecular weight excluding hydrogens is 380 g/mol. The van der Waals surface area contributed by atoms with Crippen molar-refractivity contribution in [3.63, 3.8) is 0 Å². The summed E-state index contributed by atoms with van der Waals surface area (Å²) < 4.78 is 2.05. The Morgan fingerprint density at radius 3 is 2.38 bits per heavy atom. The molecule has 0 bridgehead atoms. The molecule has 0 spiro atoms. The maximum absolute atomic E-state index is 12.8. The Balaban J connectivity index is 1.66. The molecule has 0 saturated heterocycles. The van der Waals surface area contributed by atoms with Gasteiger partial charge in [0.1, 0.15) is 0 Å². The summed E-state index contributed by atoms with van der Waals surface area (Å²) in [5, 5.41) is 9.24. The normalized spacial score (nSPS) is 11.9. The third-order valence-corrected chi connectivity index (χ3v) is 5.61. The molecule has 0 fully saturated rings. The SMILES string of the molecule is CC(Sc1nnc(-c2cccnc2)n1Cc1ccccc1)C(=O)c1ccccc1. The van der Waals surface area contributed by atoms with Gasteiger partial charge < -0.3 is 0 Å². The summed E-state index contributed by atoms with van der Waals surface area (Å²) in [6.07, 6.45) is 3.51. The van der Waals surface area contributed by atoms with Gasteiger partial charge in [-0.2, -0.15) is 0 Å². The number of carbonyl (C=O) groups is 1. The number of rotatable bonds is 7. The van der Waals surface area contributed by atoms with Crippen molar-refractivity contribution in [2.75, 3.05) is 0 Å². The fourth-order valence-corrected chi connectivity index (χ4v) is 3.97. The quantitative estimate of drug-likeness (QED) is 0.331. The summed E-state index contributed by atoms with van der Waals surface area (Å²) in [5.74, 6) is 0.816. The van der Waals surface area contributed by atoms with Crippen molar-refractivity contribution in [2.24, 2.45) is 0 Å². The molecule has 6 heteroatoms. The molecule has 2 aromatic carbocycles. The van der Waals surface area contributed by atoms with Crippen LogP contribution in [0.5, 0.6) is 0 Å². The Bertz CT molecular complexity index is 1080. The second-order valence-electron chi connectivity index (χ2n) is 6.61. The Hall–Kier alpha value is -3.25. The van der Waals surface area contributed by atoms with Gasteiger partial charge in [0, 0.05) is 23.5 Å². The van der Waals surface area contributed by atoms with E-state index in [1.807, 2.05) is 72.2 Å². The minimum absolute atomic E-state index is 0.0767. The molecule has 0 aliphatic rings. The van der Waals surface area contributed by atoms with E-state index >= 15 is 0 Å². The van der Waals surface area contributed by atoms with Crippen LogP contribution in [0.25, 0.3) is 11.4 Å². The van der Waals surface area contributed by atoms with Gasteiger partial charge in [0.15, 0.2) is 16.8 Å². The molecule has 1 atom stereocenters. The molecule has 29 heavy (non-hydrogen) atoms. The van der Waals surface area contributed by atoms with E-state index < -0.39 is 0 Å². The number of carbonyl (C=O) groups excluding carboxylic acids is 1. The lowest BCUT2D eigenvalue weighted by molar-refractivity contribution is 0.0994. The molecule has 0 N–H and O–H groups in total. The number of ketones is 1. The van der Waals surface area contributed by atoms with Gasteiger partial charge in [0.05, 0.1) is 11.8 Å². The Labute approximate surface area is 173 Å². The minimum atomic E-state index is -0.280. The minimum Gasteiger partial charge on any atom is -0.297 e. The van der Waals surface area contributed by atoms with Crippen LogP contribution < -0.4 is 0 Å². The maximum atomic E-state index is 12.8. The first kappa shape index (κ1) is 19.1. The summed E-state index contributed by atoms with van der Waals surface area (Å²) >= 11 is 1.43. The predicted molar refractivity (Wildman–Crippen MR) is 115 cm³/mol. The van der Waals surface area contributed by atoms with Gasteiger partial charge >= 0.3 is 0 Å². The largest absolute Gasteiger partial charge is 0.297 e. The molecule has 144 valence electrons. The smallest absolute Gasteiger partial charge is 0.192 e. The average molecular weight is 401 g/mol. The van der Waals surface area contributed by atoms with Crippen LogP contribution in [0.15, 0.2) is 90.3 Å². The molecule has 4 aromatic rings. The Morgan fingerprint density at radius 1 is 0.966 bits per heavy atom. The molecule has 0 saturated carbocycles. The first-order chi connectivity index (χ1) is 14.2. The number of benzene rings is 2. The topological polar surface area (TPSA) is 60.7 Å². The standard InChI is InChI=1S/C23H20N4OS/c1-17(21(28)19-11-6-3-7-12-19)29-23-26-25-22(20-13-8-14-24-15-20)27(23)16-18-9-4-2-5-10-18/h2-15,17H,16H2,1H3. The summed E-state index contributed by atoms with van der Waals surface area (Å²) in [7, 11) is 0. The van der Waals surface area contributed by atoms with Crippen molar-refractivity contribution >= 4 is 17.5 Å². The summed E-state index contributed by atoms with van der Waals surface area (Å²) in [6, 6.07) is 23.3. The van der Waals surface area contributed by atoms with Crippen molar-refractivity contribution < 1.29 is 4.79 Å². The number of hydrogen-bond donors (Lipinski definition) is 0.